The van der Waals surface area contributed by atoms with Crippen LogP contribution in [-0.2, 0) is 4.74 Å². The summed E-state index contributed by atoms with van der Waals surface area (Å²) in [6.07, 6.45) is 0. The van der Waals surface area contributed by atoms with Gasteiger partial charge in [0.25, 0.3) is 0 Å². The highest BCUT2D eigenvalue weighted by molar-refractivity contribution is 5.84. The Hall–Kier alpha value is -0.370. The van der Waals surface area contributed by atoms with Gasteiger partial charge in [-0.25, -0.2) is 0 Å². The smallest absolute Gasteiger partial charge is 0.194 e. The Kier molecular flexibility index (Phi) is 0.881. The average Bonchev–Trinajstić information content (AvgIpc) is 1.86. The molecule has 1 aliphatic rings. The van der Waals surface area contributed by atoms with E-state index in [-0.39, 0.29) is 0 Å². The molecule has 0 aliphatic carbocycles. The molecule has 1 aliphatic heterocycles. The molecule has 1 radical (unpaired) electrons. The topological polar surface area (TPSA) is 21.6 Å². The van der Waals surface area contributed by atoms with Crippen LogP contribution in [-0.4, -0.2) is 12.3 Å². The predicted molar refractivity (Wildman–Crippen MR) is 23.4 cm³/mol. The van der Waals surface area contributed by atoms with Crippen molar-refractivity contribution in [3.8, 4) is 0 Å². The summed E-state index contributed by atoms with van der Waals surface area (Å²) in [6, 6.07) is 0. The molecule has 1 heterocycles. The Bertz CT molecular complexity index is 77.6. The van der Waals surface area contributed by atoms with Crippen LogP contribution in [0.25, 0.3) is 0 Å². The average molecular weight is 84.1 g/mol. The van der Waals surface area contributed by atoms with Crippen molar-refractivity contribution in [2.24, 2.45) is 4.99 Å². The molecule has 0 saturated heterocycles. The van der Waals surface area contributed by atoms with Gasteiger partial charge in [0.05, 0.1) is 6.61 Å². The second-order valence-electron chi connectivity index (χ2n) is 1.28. The Morgan fingerprint density at radius 3 is 3.00 bits per heavy atom. The van der Waals surface area contributed by atoms with Gasteiger partial charge in [-0.15, -0.1) is 0 Å². The van der Waals surface area contributed by atoms with Gasteiger partial charge in [0.2, 0.25) is 0 Å². The minimum atomic E-state index is 0.681. The van der Waals surface area contributed by atoms with E-state index in [0.717, 1.165) is 5.71 Å². The summed E-state index contributed by atoms with van der Waals surface area (Å²) in [5, 5.41) is 0. The fourth-order valence-corrected chi connectivity index (χ4v) is 0.322. The van der Waals surface area contributed by atoms with E-state index in [1.807, 2.05) is 6.92 Å². The summed E-state index contributed by atoms with van der Waals surface area (Å²) in [7, 11) is 0. The number of rotatable bonds is 0. The first kappa shape index (κ1) is 3.81. The lowest BCUT2D eigenvalue weighted by Gasteiger charge is -1.78. The first-order valence-electron chi connectivity index (χ1n) is 1.86. The SMILES string of the molecule is CC1=N[CH]OC1. The second-order valence-corrected chi connectivity index (χ2v) is 1.28. The molecule has 0 unspecified atom stereocenters. The fraction of sp³-hybridized carbons (Fsp3) is 0.500. The van der Waals surface area contributed by atoms with Gasteiger partial charge in [0.1, 0.15) is 0 Å². The maximum Gasteiger partial charge on any atom is 0.194 e. The molecule has 0 N–H and O–H groups in total. The summed E-state index contributed by atoms with van der Waals surface area (Å²) in [5.74, 6) is 0. The van der Waals surface area contributed by atoms with E-state index >= 15 is 0 Å². The van der Waals surface area contributed by atoms with Crippen LogP contribution in [0.15, 0.2) is 4.99 Å². The van der Waals surface area contributed by atoms with Crippen molar-refractivity contribution < 1.29 is 4.74 Å². The van der Waals surface area contributed by atoms with Crippen molar-refractivity contribution >= 4 is 5.71 Å². The minimum Gasteiger partial charge on any atom is -0.346 e. The van der Waals surface area contributed by atoms with E-state index in [4.69, 9.17) is 4.74 Å². The molecule has 1 rings (SSSR count). The minimum absolute atomic E-state index is 0.681. The summed E-state index contributed by atoms with van der Waals surface area (Å²) < 4.78 is 4.73. The number of nitrogens with zero attached hydrogens (tertiary/aromatic N) is 1. The molecule has 2 nitrogen and oxygen atoms in total. The Balaban J connectivity index is 2.45. The monoisotopic (exact) mass is 84.0 g/mol. The van der Waals surface area contributed by atoms with Crippen LogP contribution >= 0.6 is 0 Å². The zero-order valence-corrected chi connectivity index (χ0v) is 3.64. The number of ether oxygens (including phenoxy) is 1. The van der Waals surface area contributed by atoms with Crippen LogP contribution in [0.5, 0.6) is 0 Å². The molecule has 0 aromatic carbocycles. The zero-order chi connectivity index (χ0) is 4.41. The largest absolute Gasteiger partial charge is 0.346 e. The predicted octanol–water partition coefficient (Wildman–Crippen LogP) is 0.597. The fourth-order valence-electron chi connectivity index (χ4n) is 0.322. The van der Waals surface area contributed by atoms with Gasteiger partial charge in [0, 0.05) is 5.71 Å². The Morgan fingerprint density at radius 2 is 2.83 bits per heavy atom. The maximum absolute atomic E-state index is 4.73. The molecule has 0 aromatic rings. The van der Waals surface area contributed by atoms with E-state index < -0.39 is 0 Å². The van der Waals surface area contributed by atoms with Crippen molar-refractivity contribution in [1.82, 2.24) is 0 Å². The van der Waals surface area contributed by atoms with E-state index in [1.165, 1.54) is 6.73 Å². The molecule has 0 amide bonds. The lowest BCUT2D eigenvalue weighted by atomic mass is 10.5. The van der Waals surface area contributed by atoms with Crippen molar-refractivity contribution in [2.75, 3.05) is 6.61 Å². The molecule has 0 aromatic heterocycles. The second kappa shape index (κ2) is 1.39. The highest BCUT2D eigenvalue weighted by Gasteiger charge is 1.97. The van der Waals surface area contributed by atoms with E-state index in [2.05, 4.69) is 4.99 Å². The lowest BCUT2D eigenvalue weighted by Crippen LogP contribution is -1.90. The molecule has 33 valence electrons. The van der Waals surface area contributed by atoms with Gasteiger partial charge < -0.3 is 4.74 Å². The summed E-state index contributed by atoms with van der Waals surface area (Å²) in [5.41, 5.74) is 1.05. The molecule has 2 heteroatoms. The van der Waals surface area contributed by atoms with Gasteiger partial charge in [-0.2, -0.15) is 0 Å². The molecule has 0 saturated carbocycles. The third-order valence-corrected chi connectivity index (χ3v) is 0.640. The quantitative estimate of drug-likeness (QED) is 0.421. The van der Waals surface area contributed by atoms with Gasteiger partial charge >= 0.3 is 0 Å². The van der Waals surface area contributed by atoms with Crippen LogP contribution in [0.3, 0.4) is 0 Å². The van der Waals surface area contributed by atoms with Crippen molar-refractivity contribution in [3.63, 3.8) is 0 Å². The lowest BCUT2D eigenvalue weighted by molar-refractivity contribution is 0.266. The number of hydrogen-bond acceptors (Lipinski definition) is 2. The molecule has 0 bridgehead atoms. The highest BCUT2D eigenvalue weighted by Crippen LogP contribution is 1.94. The summed E-state index contributed by atoms with van der Waals surface area (Å²) in [6.45, 7) is 4.08. The van der Waals surface area contributed by atoms with E-state index in [9.17, 15) is 0 Å². The third-order valence-electron chi connectivity index (χ3n) is 0.640. The standard InChI is InChI=1S/C4H6NO/c1-4-2-6-3-5-4/h3H,2H2,1H3. The van der Waals surface area contributed by atoms with Crippen LogP contribution in [0.1, 0.15) is 6.92 Å². The summed E-state index contributed by atoms with van der Waals surface area (Å²) in [4.78, 5) is 3.81. The Morgan fingerprint density at radius 1 is 2.00 bits per heavy atom. The number of aliphatic imine (C=N–C) groups is 1. The van der Waals surface area contributed by atoms with Crippen LogP contribution in [0.2, 0.25) is 0 Å². The number of hydrogen-bond donors (Lipinski definition) is 0. The van der Waals surface area contributed by atoms with Crippen molar-refractivity contribution in [2.45, 2.75) is 6.92 Å². The normalized spacial score (nSPS) is 21.2. The zero-order valence-electron chi connectivity index (χ0n) is 3.64. The molecule has 0 atom stereocenters. The van der Waals surface area contributed by atoms with Gasteiger partial charge in [-0.1, -0.05) is 0 Å². The van der Waals surface area contributed by atoms with Crippen molar-refractivity contribution in [1.29, 1.82) is 0 Å². The first-order chi connectivity index (χ1) is 2.89. The molecule has 6 heavy (non-hydrogen) atoms. The van der Waals surface area contributed by atoms with Crippen LogP contribution < -0.4 is 0 Å². The van der Waals surface area contributed by atoms with Crippen LogP contribution in [0, 0.1) is 6.73 Å². The molecular weight excluding hydrogens is 78.0 g/mol. The van der Waals surface area contributed by atoms with E-state index in [1.54, 1.807) is 0 Å². The molecular formula is C4H6NO. The Labute approximate surface area is 36.8 Å². The first-order valence-corrected chi connectivity index (χ1v) is 1.86. The molecule has 0 fully saturated rings. The van der Waals surface area contributed by atoms with Crippen LogP contribution in [0.4, 0.5) is 0 Å². The third kappa shape index (κ3) is 0.571. The molecule has 0 spiro atoms. The van der Waals surface area contributed by atoms with Gasteiger partial charge in [-0.3, -0.25) is 4.99 Å². The van der Waals surface area contributed by atoms with Crippen molar-refractivity contribution in [3.05, 3.63) is 6.73 Å². The van der Waals surface area contributed by atoms with E-state index in [0.29, 0.717) is 6.61 Å². The van der Waals surface area contributed by atoms with Gasteiger partial charge in [0.15, 0.2) is 6.73 Å². The maximum atomic E-state index is 4.73. The summed E-state index contributed by atoms with van der Waals surface area (Å²) >= 11 is 0. The van der Waals surface area contributed by atoms with Gasteiger partial charge in [-0.05, 0) is 6.92 Å². The highest BCUT2D eigenvalue weighted by atomic mass is 16.5.